The van der Waals surface area contributed by atoms with E-state index in [9.17, 15) is 0 Å². The monoisotopic (exact) mass is 263 g/mol. The molecule has 0 aliphatic carbocycles. The molecule has 0 spiro atoms. The third kappa shape index (κ3) is 6.84. The van der Waals surface area contributed by atoms with Crippen LogP contribution in [0.25, 0.3) is 5.32 Å². The van der Waals surface area contributed by atoms with E-state index < -0.39 is 0 Å². The zero-order valence-corrected chi connectivity index (χ0v) is 11.8. The number of hydrogen-bond acceptors (Lipinski definition) is 2. The van der Waals surface area contributed by atoms with Gasteiger partial charge in [-0.3, -0.25) is 4.90 Å². The van der Waals surface area contributed by atoms with E-state index in [1.807, 2.05) is 11.8 Å². The number of thioether (sulfide) groups is 1. The molecular weight excluding hydrogens is 245 g/mol. The van der Waals surface area contributed by atoms with Gasteiger partial charge in [0.1, 0.15) is 0 Å². The maximum atomic E-state index is 4.28. The van der Waals surface area contributed by atoms with Crippen LogP contribution < -0.4 is 0 Å². The molecule has 2 nitrogen and oxygen atoms in total. The van der Waals surface area contributed by atoms with Crippen molar-refractivity contribution in [2.45, 2.75) is 6.92 Å². The summed E-state index contributed by atoms with van der Waals surface area (Å²) in [6.07, 6.45) is 0. The Morgan fingerprint density at radius 3 is 2.42 bits per heavy atom. The quantitative estimate of drug-likeness (QED) is 0.723. The van der Waals surface area contributed by atoms with Gasteiger partial charge in [0.05, 0.1) is 0 Å². The van der Waals surface area contributed by atoms with Crippen molar-refractivity contribution in [3.8, 4) is 0 Å². The van der Waals surface area contributed by atoms with Crippen molar-refractivity contribution in [1.29, 1.82) is 0 Å². The van der Waals surface area contributed by atoms with Crippen LogP contribution in [0, 0.1) is 7.43 Å². The summed E-state index contributed by atoms with van der Waals surface area (Å²) < 4.78 is 0. The molecule has 1 aliphatic heterocycles. The zero-order valence-electron chi connectivity index (χ0n) is 8.12. The van der Waals surface area contributed by atoms with Gasteiger partial charge in [-0.15, -0.1) is 24.9 Å². The molecule has 12 heavy (non-hydrogen) atoms. The van der Waals surface area contributed by atoms with Gasteiger partial charge in [-0.05, 0) is 18.8 Å². The zero-order chi connectivity index (χ0) is 7.23. The minimum Gasteiger partial charge on any atom is -0.660 e. The van der Waals surface area contributed by atoms with Crippen LogP contribution >= 0.6 is 11.8 Å². The van der Waals surface area contributed by atoms with E-state index in [-0.39, 0.29) is 40.1 Å². The van der Waals surface area contributed by atoms with Gasteiger partial charge in [0.2, 0.25) is 0 Å². The molecule has 0 bridgehead atoms. The Kier molecular flexibility index (Phi) is 13.8. The van der Waals surface area contributed by atoms with Gasteiger partial charge in [-0.1, -0.05) is 6.92 Å². The maximum absolute atomic E-state index is 4.28. The Hall–Kier alpha value is 1.37. The molecule has 1 heterocycles. The molecule has 0 aromatic carbocycles. The molecule has 1 fully saturated rings. The van der Waals surface area contributed by atoms with Gasteiger partial charge in [-0.2, -0.15) is 0 Å². The summed E-state index contributed by atoms with van der Waals surface area (Å²) in [7, 11) is 0. The molecule has 4 heteroatoms. The second-order valence-corrected chi connectivity index (χ2v) is 3.65. The average Bonchev–Trinajstić information content (AvgIpc) is 2.03. The van der Waals surface area contributed by atoms with Crippen LogP contribution in [-0.2, 0) is 32.7 Å². The van der Waals surface area contributed by atoms with E-state index >= 15 is 0 Å². The smallest absolute Gasteiger partial charge is 0.0442 e. The first-order valence-corrected chi connectivity index (χ1v) is 5.02. The summed E-state index contributed by atoms with van der Waals surface area (Å²) in [5.41, 5.74) is 0. The molecule has 0 aromatic rings. The second kappa shape index (κ2) is 10.5. The fraction of sp³-hybridized carbons (Fsp3) is 0.875. The number of piperazine rings is 1. The van der Waals surface area contributed by atoms with Crippen molar-refractivity contribution >= 4 is 11.8 Å². The first-order valence-electron chi connectivity index (χ1n) is 3.87. The van der Waals surface area contributed by atoms with Crippen LogP contribution in [0.1, 0.15) is 6.92 Å². The normalized spacial score (nSPS) is 17.8. The molecule has 0 amide bonds. The SMILES string of the molecule is CCSCN1CC[N-]CC1.[CH3-].[Y]. The third-order valence-electron chi connectivity index (χ3n) is 1.63. The Bertz CT molecular complexity index is 87.1. The maximum Gasteiger partial charge on any atom is 0.0442 e. The van der Waals surface area contributed by atoms with Crippen molar-refractivity contribution < 1.29 is 32.7 Å². The van der Waals surface area contributed by atoms with Crippen molar-refractivity contribution in [1.82, 2.24) is 4.90 Å². The summed E-state index contributed by atoms with van der Waals surface area (Å²) in [4.78, 5) is 2.47. The Labute approximate surface area is 106 Å². The van der Waals surface area contributed by atoms with E-state index in [0.29, 0.717) is 0 Å². The predicted octanol–water partition coefficient (Wildman–Crippen LogP) is 1.83. The summed E-state index contributed by atoms with van der Waals surface area (Å²) in [5, 5.41) is 4.28. The molecule has 0 saturated carbocycles. The van der Waals surface area contributed by atoms with Crippen LogP contribution in [0.2, 0.25) is 0 Å². The van der Waals surface area contributed by atoms with Gasteiger partial charge in [0.15, 0.2) is 0 Å². The van der Waals surface area contributed by atoms with Crippen molar-refractivity contribution in [2.24, 2.45) is 0 Å². The van der Waals surface area contributed by atoms with E-state index in [4.69, 9.17) is 0 Å². The number of nitrogens with zero attached hydrogens (tertiary/aromatic N) is 2. The van der Waals surface area contributed by atoms with Gasteiger partial charge in [0, 0.05) is 38.6 Å². The van der Waals surface area contributed by atoms with Crippen molar-refractivity contribution in [3.05, 3.63) is 12.7 Å². The molecule has 1 saturated heterocycles. The fourth-order valence-electron chi connectivity index (χ4n) is 0.997. The fourth-order valence-corrected chi connectivity index (χ4v) is 1.70. The predicted molar refractivity (Wildman–Crippen MR) is 54.1 cm³/mol. The van der Waals surface area contributed by atoms with Gasteiger partial charge in [-0.25, -0.2) is 0 Å². The topological polar surface area (TPSA) is 17.3 Å². The van der Waals surface area contributed by atoms with Gasteiger partial charge >= 0.3 is 0 Å². The Morgan fingerprint density at radius 1 is 1.33 bits per heavy atom. The average molecular weight is 263 g/mol. The van der Waals surface area contributed by atoms with Crippen LogP contribution in [0.3, 0.4) is 0 Å². The van der Waals surface area contributed by atoms with Crippen molar-refractivity contribution in [2.75, 3.05) is 37.8 Å². The summed E-state index contributed by atoms with van der Waals surface area (Å²) >= 11 is 2.00. The molecule has 1 aliphatic rings. The van der Waals surface area contributed by atoms with Crippen LogP contribution in [0.4, 0.5) is 0 Å². The first-order chi connectivity index (χ1) is 4.93. The van der Waals surface area contributed by atoms with E-state index in [0.717, 1.165) is 13.1 Å². The summed E-state index contributed by atoms with van der Waals surface area (Å²) in [5.74, 6) is 2.43. The van der Waals surface area contributed by atoms with Crippen LogP contribution in [-0.4, -0.2) is 42.7 Å². The molecule has 0 atom stereocenters. The Morgan fingerprint density at radius 2 is 1.92 bits per heavy atom. The molecule has 1 radical (unpaired) electrons. The van der Waals surface area contributed by atoms with E-state index in [1.165, 1.54) is 24.7 Å². The Balaban J connectivity index is 0. The van der Waals surface area contributed by atoms with Gasteiger partial charge < -0.3 is 12.7 Å². The van der Waals surface area contributed by atoms with Crippen molar-refractivity contribution in [3.63, 3.8) is 0 Å². The van der Waals surface area contributed by atoms with E-state index in [2.05, 4.69) is 17.1 Å². The largest absolute Gasteiger partial charge is 0.660 e. The van der Waals surface area contributed by atoms with Crippen LogP contribution in [0.5, 0.6) is 0 Å². The molecule has 1 rings (SSSR count). The molecule has 0 unspecified atom stereocenters. The van der Waals surface area contributed by atoms with Crippen LogP contribution in [0.15, 0.2) is 0 Å². The summed E-state index contributed by atoms with van der Waals surface area (Å²) in [6.45, 7) is 6.65. The standard InChI is InChI=1S/C7H15N2S.CH3.Y/c1-2-10-7-9-5-3-8-4-6-9;;/h2-7H2,1H3;1H3;/q2*-1;. The number of hydrogen-bond donors (Lipinski definition) is 0. The molecule has 71 valence electrons. The summed E-state index contributed by atoms with van der Waals surface area (Å²) in [6, 6.07) is 0. The van der Waals surface area contributed by atoms with E-state index in [1.54, 1.807) is 0 Å². The first kappa shape index (κ1) is 15.8. The number of rotatable bonds is 3. The molecule has 0 N–H and O–H groups in total. The molecular formula is C8H18N2SY-2. The molecule has 0 aromatic heterocycles. The minimum atomic E-state index is 0. The van der Waals surface area contributed by atoms with Gasteiger partial charge in [0.25, 0.3) is 0 Å². The third-order valence-corrected chi connectivity index (χ3v) is 2.58. The minimum absolute atomic E-state index is 0. The second-order valence-electron chi connectivity index (χ2n) is 2.41.